The average molecular weight is 903 g/mol. The molecular formula is C52H56Cl2O2SiZr-2. The SMILES string of the molecule is CCc1ccc(-c2c(CC)ccc3[cH-]c(-c4cc(C)c(C)o4)cc23)cc1.CCc1ccc(-c2c(CC)ccc3[cH-]c(-c4cc(C)c(C)o4)cc23)cc1.C[Si](C)=[Zr]([Cl])[Cl]. The number of aryl methyl sites for hydroxylation is 8. The Morgan fingerprint density at radius 3 is 1.16 bits per heavy atom. The standard InChI is InChI=1S/2C25H25O.C2H6Si.2ClH.Zr/c2*1-5-18-7-9-20(10-8-18)25-19(6-2)11-12-21-14-22(15-23(21)25)24-13-16(3)17(4)26-24;1-3-2;;;/h2*7-15H,5-6H2,1-4H3;1-2H3;2*1H;/q2*-1;;;;+2/p-2. The van der Waals surface area contributed by atoms with Gasteiger partial charge in [-0.25, -0.2) is 0 Å². The Kier molecular flexibility index (Phi) is 14.8. The van der Waals surface area contributed by atoms with Crippen molar-refractivity contribution in [2.24, 2.45) is 0 Å². The Morgan fingerprint density at radius 1 is 0.517 bits per heavy atom. The molecular weight excluding hydrogens is 847 g/mol. The Morgan fingerprint density at radius 2 is 0.879 bits per heavy atom. The van der Waals surface area contributed by atoms with E-state index >= 15 is 0 Å². The van der Waals surface area contributed by atoms with Crippen LogP contribution in [0.2, 0.25) is 13.1 Å². The average Bonchev–Trinajstić information content (AvgIpc) is 4.02. The van der Waals surface area contributed by atoms with Crippen molar-refractivity contribution >= 4 is 44.0 Å². The molecule has 0 atom stereocenters. The van der Waals surface area contributed by atoms with Gasteiger partial charge < -0.3 is 8.83 Å². The van der Waals surface area contributed by atoms with Crippen molar-refractivity contribution in [2.75, 3.05) is 0 Å². The quantitative estimate of drug-likeness (QED) is 0.112. The Balaban J connectivity index is 0.000000172. The summed E-state index contributed by atoms with van der Waals surface area (Å²) >= 11 is -1.65. The third-order valence-corrected chi connectivity index (χ3v) is 31.0. The van der Waals surface area contributed by atoms with Gasteiger partial charge in [0.2, 0.25) is 0 Å². The molecule has 58 heavy (non-hydrogen) atoms. The second-order valence-electron chi connectivity index (χ2n) is 15.5. The number of rotatable bonds is 8. The Bertz CT molecular complexity index is 2450. The van der Waals surface area contributed by atoms with Crippen LogP contribution in [0.1, 0.15) is 72.6 Å². The van der Waals surface area contributed by atoms with Crippen molar-refractivity contribution in [1.82, 2.24) is 0 Å². The van der Waals surface area contributed by atoms with E-state index in [1.165, 1.54) is 77.2 Å². The number of fused-ring (bicyclic) bond motifs is 2. The van der Waals surface area contributed by atoms with Crippen LogP contribution in [0.4, 0.5) is 0 Å². The van der Waals surface area contributed by atoms with E-state index in [-0.39, 0.29) is 5.43 Å². The molecule has 0 saturated carbocycles. The van der Waals surface area contributed by atoms with E-state index in [2.05, 4.69) is 164 Å². The summed E-state index contributed by atoms with van der Waals surface area (Å²) < 4.78 is 11.9. The molecule has 0 spiro atoms. The van der Waals surface area contributed by atoms with Crippen molar-refractivity contribution < 1.29 is 26.8 Å². The molecule has 8 aromatic rings. The number of furan rings is 2. The Labute approximate surface area is 361 Å². The molecule has 0 fully saturated rings. The van der Waals surface area contributed by atoms with E-state index in [0.717, 1.165) is 59.9 Å². The monoisotopic (exact) mass is 900 g/mol. The predicted molar refractivity (Wildman–Crippen MR) is 251 cm³/mol. The molecule has 0 amide bonds. The molecule has 2 aromatic heterocycles. The van der Waals surface area contributed by atoms with Crippen LogP contribution in [-0.2, 0) is 43.7 Å². The summed E-state index contributed by atoms with van der Waals surface area (Å²) in [6.07, 6.45) is 4.20. The van der Waals surface area contributed by atoms with Crippen LogP contribution in [0, 0.1) is 27.7 Å². The Hall–Kier alpha value is -3.66. The van der Waals surface area contributed by atoms with Gasteiger partial charge >= 0.3 is 53.5 Å². The summed E-state index contributed by atoms with van der Waals surface area (Å²) in [6.45, 7) is 21.4. The first-order valence-corrected chi connectivity index (χ1v) is 33.1. The van der Waals surface area contributed by atoms with E-state index in [1.54, 1.807) is 0 Å². The molecule has 0 aliphatic rings. The second-order valence-corrected chi connectivity index (χ2v) is 38.4. The molecule has 0 aliphatic carbocycles. The summed E-state index contributed by atoms with van der Waals surface area (Å²) in [5.41, 5.74) is 15.4. The van der Waals surface area contributed by atoms with Crippen LogP contribution < -0.4 is 0 Å². The predicted octanol–water partition coefficient (Wildman–Crippen LogP) is 16.6. The number of hydrogen-bond donors (Lipinski definition) is 0. The van der Waals surface area contributed by atoms with Crippen LogP contribution in [0.5, 0.6) is 0 Å². The van der Waals surface area contributed by atoms with Gasteiger partial charge in [0, 0.05) is 0 Å². The maximum atomic E-state index is 5.96. The van der Waals surface area contributed by atoms with Gasteiger partial charge in [-0.15, -0.1) is 57.9 Å². The van der Waals surface area contributed by atoms with Crippen LogP contribution in [0.15, 0.2) is 118 Å². The zero-order valence-corrected chi connectivity index (χ0v) is 40.8. The topological polar surface area (TPSA) is 26.3 Å². The van der Waals surface area contributed by atoms with Gasteiger partial charge in [-0.3, -0.25) is 0 Å². The van der Waals surface area contributed by atoms with Crippen LogP contribution in [0.25, 0.3) is 66.4 Å². The van der Waals surface area contributed by atoms with E-state index in [4.69, 9.17) is 25.9 Å². The molecule has 2 nitrogen and oxygen atoms in total. The molecule has 0 saturated heterocycles. The van der Waals surface area contributed by atoms with Crippen molar-refractivity contribution in [3.05, 3.63) is 154 Å². The minimum absolute atomic E-state index is 0.224. The minimum atomic E-state index is -1.65. The molecule has 0 radical (unpaired) electrons. The summed E-state index contributed by atoms with van der Waals surface area (Å²) in [6, 6.07) is 40.4. The van der Waals surface area contributed by atoms with Gasteiger partial charge in [0.1, 0.15) is 0 Å². The summed E-state index contributed by atoms with van der Waals surface area (Å²) in [5.74, 6) is 3.91. The first-order chi connectivity index (χ1) is 27.8. The van der Waals surface area contributed by atoms with E-state index < -0.39 is 18.0 Å². The van der Waals surface area contributed by atoms with Crippen molar-refractivity contribution in [3.8, 4) is 44.9 Å². The molecule has 0 aliphatic heterocycles. The molecule has 2 heterocycles. The van der Waals surface area contributed by atoms with Gasteiger partial charge in [-0.2, -0.15) is 0 Å². The van der Waals surface area contributed by atoms with Gasteiger partial charge in [0.15, 0.2) is 0 Å². The van der Waals surface area contributed by atoms with Gasteiger partial charge in [-0.1, -0.05) is 111 Å². The first kappa shape index (κ1) is 43.9. The normalized spacial score (nSPS) is 11.0. The van der Waals surface area contributed by atoms with Crippen LogP contribution >= 0.6 is 17.0 Å². The summed E-state index contributed by atoms with van der Waals surface area (Å²) in [4.78, 5) is 0. The van der Waals surface area contributed by atoms with Crippen LogP contribution in [-0.4, -0.2) is 5.43 Å². The van der Waals surface area contributed by atoms with E-state index in [1.807, 2.05) is 13.8 Å². The molecule has 300 valence electrons. The number of hydrogen-bond acceptors (Lipinski definition) is 2. The number of benzene rings is 4. The third kappa shape index (κ3) is 9.85. The zero-order valence-electron chi connectivity index (χ0n) is 35.8. The fraction of sp³-hybridized carbons (Fsp3) is 0.269. The van der Waals surface area contributed by atoms with Gasteiger partial charge in [-0.05, 0) is 110 Å². The molecule has 8 rings (SSSR count). The summed E-state index contributed by atoms with van der Waals surface area (Å²) in [7, 11) is 11.2. The number of halogens is 2. The van der Waals surface area contributed by atoms with Crippen LogP contribution in [0.3, 0.4) is 0 Å². The first-order valence-electron chi connectivity index (χ1n) is 20.6. The molecule has 6 aromatic carbocycles. The fourth-order valence-electron chi connectivity index (χ4n) is 7.45. The summed E-state index contributed by atoms with van der Waals surface area (Å²) in [5, 5.41) is 5.18. The van der Waals surface area contributed by atoms with E-state index in [9.17, 15) is 0 Å². The molecule has 0 N–H and O–H groups in total. The molecule has 6 heteroatoms. The van der Waals surface area contributed by atoms with Gasteiger partial charge in [0.05, 0.1) is 23.0 Å². The third-order valence-electron chi connectivity index (χ3n) is 11.3. The maximum absolute atomic E-state index is 5.96. The van der Waals surface area contributed by atoms with Crippen molar-refractivity contribution in [2.45, 2.75) is 94.2 Å². The molecule has 0 unspecified atom stereocenters. The zero-order chi connectivity index (χ0) is 41.7. The molecule has 0 bridgehead atoms. The van der Waals surface area contributed by atoms with Crippen molar-refractivity contribution in [1.29, 1.82) is 0 Å². The fourth-order valence-corrected chi connectivity index (χ4v) is 7.45. The van der Waals surface area contributed by atoms with E-state index in [0.29, 0.717) is 0 Å². The van der Waals surface area contributed by atoms with Crippen molar-refractivity contribution in [3.63, 3.8) is 0 Å². The van der Waals surface area contributed by atoms with Gasteiger partial charge in [0.25, 0.3) is 0 Å². The second kappa shape index (κ2) is 19.6.